The van der Waals surface area contributed by atoms with E-state index in [0.29, 0.717) is 12.4 Å². The van der Waals surface area contributed by atoms with Crippen molar-refractivity contribution < 1.29 is 14.3 Å². The smallest absolute Gasteiger partial charge is 0.329 e. The predicted molar refractivity (Wildman–Crippen MR) is 96.9 cm³/mol. The molecule has 1 fully saturated rings. The number of amides is 2. The minimum absolute atomic E-state index is 0.0566. The Labute approximate surface area is 148 Å². The van der Waals surface area contributed by atoms with Gasteiger partial charge in [-0.05, 0) is 11.5 Å². The Hall–Kier alpha value is -1.69. The fraction of sp³-hybridized carbons (Fsp3) is 0.556. The molecule has 2 unspecified atom stereocenters. The van der Waals surface area contributed by atoms with Crippen LogP contribution in [-0.2, 0) is 16.0 Å². The van der Waals surface area contributed by atoms with Crippen molar-refractivity contribution in [3.8, 4) is 0 Å². The molecule has 1 aliphatic rings. The van der Waals surface area contributed by atoms with Crippen LogP contribution < -0.4 is 0 Å². The molecule has 132 valence electrons. The molecule has 1 aromatic carbocycles. The molecule has 24 heavy (non-hydrogen) atoms. The van der Waals surface area contributed by atoms with Gasteiger partial charge in [-0.1, -0.05) is 44.2 Å². The first-order chi connectivity index (χ1) is 11.4. The monoisotopic (exact) mass is 350 g/mol. The lowest BCUT2D eigenvalue weighted by Gasteiger charge is -2.31. The van der Waals surface area contributed by atoms with Crippen LogP contribution >= 0.6 is 11.8 Å². The summed E-state index contributed by atoms with van der Waals surface area (Å²) in [4.78, 5) is 28.3. The summed E-state index contributed by atoms with van der Waals surface area (Å²) in [6.45, 7) is 4.38. The Balaban J connectivity index is 2.13. The largest absolute Gasteiger partial charge is 0.464 e. The molecule has 2 atom stereocenters. The first-order valence-corrected chi connectivity index (χ1v) is 9.26. The van der Waals surface area contributed by atoms with Crippen molar-refractivity contribution in [1.29, 1.82) is 0 Å². The van der Waals surface area contributed by atoms with E-state index in [1.54, 1.807) is 30.8 Å². The van der Waals surface area contributed by atoms with Gasteiger partial charge in [-0.2, -0.15) is 0 Å². The standard InChI is InChI=1S/C18H26N2O3S/c1-13(2)11-23-17(21)15-12-24-16(20(15)18(22)19(3)4)10-14-8-6-5-7-9-14/h5-9,13,15-16H,10-12H2,1-4H3. The molecule has 0 radical (unpaired) electrons. The van der Waals surface area contributed by atoms with Gasteiger partial charge < -0.3 is 9.64 Å². The van der Waals surface area contributed by atoms with Gasteiger partial charge in [0.05, 0.1) is 12.0 Å². The summed E-state index contributed by atoms with van der Waals surface area (Å²) in [6.07, 6.45) is 0.721. The first kappa shape index (κ1) is 18.6. The molecule has 2 amide bonds. The van der Waals surface area contributed by atoms with Gasteiger partial charge in [0.25, 0.3) is 0 Å². The van der Waals surface area contributed by atoms with E-state index >= 15 is 0 Å². The van der Waals surface area contributed by atoms with Crippen molar-refractivity contribution in [2.24, 2.45) is 5.92 Å². The fourth-order valence-electron chi connectivity index (χ4n) is 2.55. The van der Waals surface area contributed by atoms with Gasteiger partial charge in [-0.25, -0.2) is 9.59 Å². The molecule has 1 saturated heterocycles. The van der Waals surface area contributed by atoms with Crippen molar-refractivity contribution in [2.75, 3.05) is 26.5 Å². The number of ether oxygens (including phenoxy) is 1. The Bertz CT molecular complexity index is 563. The molecule has 1 heterocycles. The Morgan fingerprint density at radius 2 is 1.96 bits per heavy atom. The topological polar surface area (TPSA) is 49.9 Å². The lowest BCUT2D eigenvalue weighted by atomic mass is 10.1. The maximum absolute atomic E-state index is 12.6. The van der Waals surface area contributed by atoms with Crippen molar-refractivity contribution in [3.05, 3.63) is 35.9 Å². The third-order valence-corrected chi connectivity index (χ3v) is 5.07. The van der Waals surface area contributed by atoms with Crippen LogP contribution in [0.4, 0.5) is 4.79 Å². The second kappa shape index (κ2) is 8.42. The zero-order valence-electron chi connectivity index (χ0n) is 14.8. The predicted octanol–water partition coefficient (Wildman–Crippen LogP) is 2.85. The van der Waals surface area contributed by atoms with Gasteiger partial charge in [-0.3, -0.25) is 4.90 Å². The third-order valence-electron chi connectivity index (χ3n) is 3.78. The van der Waals surface area contributed by atoms with Crippen LogP contribution in [-0.4, -0.2) is 59.7 Å². The zero-order chi connectivity index (χ0) is 17.7. The quantitative estimate of drug-likeness (QED) is 0.766. The summed E-state index contributed by atoms with van der Waals surface area (Å²) in [5.74, 6) is 0.552. The number of rotatable bonds is 5. The molecule has 0 aliphatic carbocycles. The molecule has 5 nitrogen and oxygen atoms in total. The van der Waals surface area contributed by atoms with E-state index in [1.807, 2.05) is 44.2 Å². The van der Waals surface area contributed by atoms with Gasteiger partial charge >= 0.3 is 12.0 Å². The number of nitrogens with zero attached hydrogens (tertiary/aromatic N) is 2. The average molecular weight is 350 g/mol. The van der Waals surface area contributed by atoms with Crippen molar-refractivity contribution >= 4 is 23.8 Å². The number of carbonyl (C=O) groups excluding carboxylic acids is 2. The minimum atomic E-state index is -0.516. The van der Waals surface area contributed by atoms with Crippen LogP contribution in [0.5, 0.6) is 0 Å². The van der Waals surface area contributed by atoms with Crippen LogP contribution in [0, 0.1) is 5.92 Å². The molecule has 0 saturated carbocycles. The second-order valence-electron chi connectivity index (χ2n) is 6.60. The number of hydrogen-bond donors (Lipinski definition) is 0. The highest BCUT2D eigenvalue weighted by molar-refractivity contribution is 8.00. The normalized spacial score (nSPS) is 20.3. The summed E-state index contributed by atoms with van der Waals surface area (Å²) in [5, 5.41) is -0.0566. The maximum Gasteiger partial charge on any atom is 0.329 e. The number of esters is 1. The molecule has 1 aliphatic heterocycles. The maximum atomic E-state index is 12.6. The molecule has 2 rings (SSSR count). The number of carbonyl (C=O) groups is 2. The Morgan fingerprint density at radius 3 is 2.54 bits per heavy atom. The van der Waals surface area contributed by atoms with E-state index in [-0.39, 0.29) is 23.3 Å². The van der Waals surface area contributed by atoms with E-state index in [4.69, 9.17) is 4.74 Å². The summed E-state index contributed by atoms with van der Waals surface area (Å²) in [5.41, 5.74) is 1.16. The van der Waals surface area contributed by atoms with E-state index in [0.717, 1.165) is 12.0 Å². The van der Waals surface area contributed by atoms with E-state index in [9.17, 15) is 9.59 Å². The molecular formula is C18H26N2O3S. The van der Waals surface area contributed by atoms with Crippen LogP contribution in [0.15, 0.2) is 30.3 Å². The molecular weight excluding hydrogens is 324 g/mol. The Kier molecular flexibility index (Phi) is 6.54. The number of urea groups is 1. The first-order valence-electron chi connectivity index (χ1n) is 8.22. The number of hydrogen-bond acceptors (Lipinski definition) is 4. The van der Waals surface area contributed by atoms with Crippen LogP contribution in [0.1, 0.15) is 19.4 Å². The van der Waals surface area contributed by atoms with Crippen LogP contribution in [0.3, 0.4) is 0 Å². The summed E-state index contributed by atoms with van der Waals surface area (Å²) in [6, 6.07) is 9.38. The zero-order valence-corrected chi connectivity index (χ0v) is 15.6. The summed E-state index contributed by atoms with van der Waals surface area (Å²) < 4.78 is 5.38. The Morgan fingerprint density at radius 1 is 1.29 bits per heavy atom. The average Bonchev–Trinajstić information content (AvgIpc) is 2.96. The van der Waals surface area contributed by atoms with E-state index in [2.05, 4.69) is 0 Å². The van der Waals surface area contributed by atoms with E-state index in [1.165, 1.54) is 4.90 Å². The van der Waals surface area contributed by atoms with E-state index < -0.39 is 6.04 Å². The molecule has 0 spiro atoms. The summed E-state index contributed by atoms with van der Waals surface area (Å²) in [7, 11) is 3.42. The molecule has 1 aromatic rings. The van der Waals surface area contributed by atoms with Gasteiger partial charge in [0, 0.05) is 26.3 Å². The molecule has 6 heteroatoms. The molecule has 0 N–H and O–H groups in total. The fourth-order valence-corrected chi connectivity index (χ4v) is 3.96. The van der Waals surface area contributed by atoms with Crippen LogP contribution in [0.2, 0.25) is 0 Å². The highest BCUT2D eigenvalue weighted by atomic mass is 32.2. The van der Waals surface area contributed by atoms with Crippen molar-refractivity contribution in [1.82, 2.24) is 9.80 Å². The third kappa shape index (κ3) is 4.66. The highest BCUT2D eigenvalue weighted by Gasteiger charge is 2.43. The SMILES string of the molecule is CC(C)COC(=O)C1CSC(Cc2ccccc2)N1C(=O)N(C)C. The number of benzene rings is 1. The van der Waals surface area contributed by atoms with Gasteiger partial charge in [0.15, 0.2) is 0 Å². The summed E-state index contributed by atoms with van der Waals surface area (Å²) >= 11 is 1.64. The molecule has 0 bridgehead atoms. The van der Waals surface area contributed by atoms with Gasteiger partial charge in [0.2, 0.25) is 0 Å². The highest BCUT2D eigenvalue weighted by Crippen LogP contribution is 2.33. The van der Waals surface area contributed by atoms with Crippen LogP contribution in [0.25, 0.3) is 0 Å². The minimum Gasteiger partial charge on any atom is -0.464 e. The van der Waals surface area contributed by atoms with Crippen molar-refractivity contribution in [3.63, 3.8) is 0 Å². The van der Waals surface area contributed by atoms with Gasteiger partial charge in [0.1, 0.15) is 6.04 Å². The molecule has 0 aromatic heterocycles. The second-order valence-corrected chi connectivity index (χ2v) is 7.81. The lowest BCUT2D eigenvalue weighted by Crippen LogP contribution is -2.50. The van der Waals surface area contributed by atoms with Crippen molar-refractivity contribution in [2.45, 2.75) is 31.7 Å². The number of thioether (sulfide) groups is 1. The van der Waals surface area contributed by atoms with Gasteiger partial charge in [-0.15, -0.1) is 11.8 Å². The lowest BCUT2D eigenvalue weighted by molar-refractivity contribution is -0.149.